The van der Waals surface area contributed by atoms with Crippen molar-refractivity contribution >= 4 is 21.8 Å². The third-order valence-corrected chi connectivity index (χ3v) is 3.34. The lowest BCUT2D eigenvalue weighted by Gasteiger charge is -2.31. The molecule has 1 heterocycles. The van der Waals surface area contributed by atoms with Crippen LogP contribution in [0.4, 0.5) is 0 Å². The predicted molar refractivity (Wildman–Crippen MR) is 62.6 cm³/mol. The summed E-state index contributed by atoms with van der Waals surface area (Å²) in [5, 5.41) is 1.01. The molecule has 0 radical (unpaired) electrons. The van der Waals surface area contributed by atoms with Crippen molar-refractivity contribution < 1.29 is 4.79 Å². The van der Waals surface area contributed by atoms with Crippen LogP contribution in [0.25, 0.3) is 0 Å². The molecule has 0 spiro atoms. The van der Waals surface area contributed by atoms with E-state index in [1.807, 2.05) is 4.90 Å². The Hall–Kier alpha value is -0.0500. The smallest absolute Gasteiger partial charge is 0.222 e. The number of nitrogens with zero attached hydrogens (tertiary/aromatic N) is 1. The van der Waals surface area contributed by atoms with Crippen LogP contribution in [-0.4, -0.2) is 29.2 Å². The van der Waals surface area contributed by atoms with E-state index in [1.54, 1.807) is 0 Å². The van der Waals surface area contributed by atoms with Gasteiger partial charge in [-0.1, -0.05) is 22.9 Å². The highest BCUT2D eigenvalue weighted by Gasteiger charge is 2.19. The fourth-order valence-corrected chi connectivity index (χ4v) is 2.34. The van der Waals surface area contributed by atoms with Crippen LogP contribution in [0.15, 0.2) is 0 Å². The van der Waals surface area contributed by atoms with Crippen LogP contribution in [-0.2, 0) is 4.79 Å². The Morgan fingerprint density at radius 2 is 2.29 bits per heavy atom. The molecule has 2 nitrogen and oxygen atoms in total. The lowest BCUT2D eigenvalue weighted by Crippen LogP contribution is -2.38. The van der Waals surface area contributed by atoms with Gasteiger partial charge < -0.3 is 4.90 Å². The molecule has 1 aliphatic rings. The fourth-order valence-electron chi connectivity index (χ4n) is 1.94. The van der Waals surface area contributed by atoms with Crippen molar-refractivity contribution in [2.75, 3.05) is 18.4 Å². The van der Waals surface area contributed by atoms with E-state index in [0.29, 0.717) is 11.8 Å². The average molecular weight is 262 g/mol. The summed E-state index contributed by atoms with van der Waals surface area (Å²) in [6.45, 7) is 4.20. The Morgan fingerprint density at radius 1 is 1.50 bits per heavy atom. The largest absolute Gasteiger partial charge is 0.342 e. The van der Waals surface area contributed by atoms with Crippen molar-refractivity contribution in [3.05, 3.63) is 0 Å². The first kappa shape index (κ1) is 12.0. The van der Waals surface area contributed by atoms with Gasteiger partial charge in [0.15, 0.2) is 0 Å². The molecule has 1 rings (SSSR count). The normalized spacial score (nSPS) is 22.4. The quantitative estimate of drug-likeness (QED) is 0.563. The minimum Gasteiger partial charge on any atom is -0.342 e. The molecule has 1 aliphatic heterocycles. The topological polar surface area (TPSA) is 20.3 Å². The summed E-state index contributed by atoms with van der Waals surface area (Å²) in [6, 6.07) is 0. The number of carbonyl (C=O) groups excluding carboxylic acids is 1. The SMILES string of the molecule is CC1CCCN(C(=O)CCCCBr)C1. The summed E-state index contributed by atoms with van der Waals surface area (Å²) in [5.41, 5.74) is 0. The zero-order valence-electron chi connectivity index (χ0n) is 8.97. The zero-order chi connectivity index (χ0) is 10.4. The molecule has 1 atom stereocenters. The summed E-state index contributed by atoms with van der Waals surface area (Å²) in [4.78, 5) is 13.8. The van der Waals surface area contributed by atoms with Crippen molar-refractivity contribution in [2.45, 2.75) is 39.0 Å². The van der Waals surface area contributed by atoms with Gasteiger partial charge in [0.2, 0.25) is 5.91 Å². The van der Waals surface area contributed by atoms with Crippen molar-refractivity contribution in [3.63, 3.8) is 0 Å². The molecule has 0 saturated carbocycles. The van der Waals surface area contributed by atoms with Gasteiger partial charge in [0.1, 0.15) is 0 Å². The molecule has 0 aromatic carbocycles. The summed E-state index contributed by atoms with van der Waals surface area (Å²) < 4.78 is 0. The summed E-state index contributed by atoms with van der Waals surface area (Å²) in [6.07, 6.45) is 5.33. The number of piperidine rings is 1. The Balaban J connectivity index is 2.22. The molecule has 3 heteroatoms. The maximum atomic E-state index is 11.7. The minimum absolute atomic E-state index is 0.359. The van der Waals surface area contributed by atoms with E-state index in [-0.39, 0.29) is 0 Å². The van der Waals surface area contributed by atoms with Crippen molar-refractivity contribution in [1.29, 1.82) is 0 Å². The lowest BCUT2D eigenvalue weighted by atomic mass is 10.00. The number of alkyl halides is 1. The van der Waals surface area contributed by atoms with Crippen molar-refractivity contribution in [1.82, 2.24) is 4.90 Å². The second-order valence-electron chi connectivity index (χ2n) is 4.23. The van der Waals surface area contributed by atoms with E-state index in [0.717, 1.165) is 37.7 Å². The second kappa shape index (κ2) is 6.44. The van der Waals surface area contributed by atoms with Gasteiger partial charge in [-0.05, 0) is 31.6 Å². The molecule has 0 N–H and O–H groups in total. The third-order valence-electron chi connectivity index (χ3n) is 2.78. The molecule has 0 aliphatic carbocycles. The van der Waals surface area contributed by atoms with E-state index in [4.69, 9.17) is 0 Å². The first-order valence-electron chi connectivity index (χ1n) is 5.57. The minimum atomic E-state index is 0.359. The Kier molecular flexibility index (Phi) is 5.53. The van der Waals surface area contributed by atoms with Crippen molar-refractivity contribution in [2.24, 2.45) is 5.92 Å². The molecule has 0 aromatic heterocycles. The van der Waals surface area contributed by atoms with Gasteiger partial charge in [0.25, 0.3) is 0 Å². The predicted octanol–water partition coefficient (Wildman–Crippen LogP) is 2.81. The highest BCUT2D eigenvalue weighted by molar-refractivity contribution is 9.09. The zero-order valence-corrected chi connectivity index (χ0v) is 10.6. The van der Waals surface area contributed by atoms with Crippen LogP contribution in [0.3, 0.4) is 0 Å². The van der Waals surface area contributed by atoms with Crippen LogP contribution in [0.2, 0.25) is 0 Å². The second-order valence-corrected chi connectivity index (χ2v) is 5.03. The maximum absolute atomic E-state index is 11.7. The standard InChI is InChI=1S/C11H20BrNO/c1-10-5-4-8-13(9-10)11(14)6-2-3-7-12/h10H,2-9H2,1H3. The van der Waals surface area contributed by atoms with Crippen LogP contribution < -0.4 is 0 Å². The number of halogens is 1. The van der Waals surface area contributed by atoms with Gasteiger partial charge >= 0.3 is 0 Å². The lowest BCUT2D eigenvalue weighted by molar-refractivity contribution is -0.133. The van der Waals surface area contributed by atoms with Gasteiger partial charge in [0.05, 0.1) is 0 Å². The van der Waals surface area contributed by atoms with Crippen molar-refractivity contribution in [3.8, 4) is 0 Å². The average Bonchev–Trinajstić information content (AvgIpc) is 2.18. The van der Waals surface area contributed by atoms with Gasteiger partial charge in [-0.2, -0.15) is 0 Å². The number of rotatable bonds is 4. The molecule has 0 bridgehead atoms. The first-order chi connectivity index (χ1) is 6.74. The molecule has 1 saturated heterocycles. The summed E-state index contributed by atoms with van der Waals surface area (Å²) in [7, 11) is 0. The first-order valence-corrected chi connectivity index (χ1v) is 6.70. The summed E-state index contributed by atoms with van der Waals surface area (Å²) >= 11 is 3.38. The third kappa shape index (κ3) is 3.99. The molecule has 0 aromatic rings. The number of carbonyl (C=O) groups is 1. The Bertz CT molecular complexity index is 184. The Morgan fingerprint density at radius 3 is 2.93 bits per heavy atom. The van der Waals surface area contributed by atoms with Gasteiger partial charge in [-0.15, -0.1) is 0 Å². The fraction of sp³-hybridized carbons (Fsp3) is 0.909. The van der Waals surface area contributed by atoms with Crippen LogP contribution in [0, 0.1) is 5.92 Å². The molecule has 1 unspecified atom stereocenters. The van der Waals surface area contributed by atoms with E-state index in [2.05, 4.69) is 22.9 Å². The molecular formula is C11H20BrNO. The Labute approximate surface area is 95.2 Å². The van der Waals surface area contributed by atoms with Gasteiger partial charge in [0, 0.05) is 24.8 Å². The monoisotopic (exact) mass is 261 g/mol. The molecule has 82 valence electrons. The number of hydrogen-bond acceptors (Lipinski definition) is 1. The van der Waals surface area contributed by atoms with Crippen LogP contribution in [0.5, 0.6) is 0 Å². The highest BCUT2D eigenvalue weighted by atomic mass is 79.9. The van der Waals surface area contributed by atoms with Gasteiger partial charge in [-0.3, -0.25) is 4.79 Å². The van der Waals surface area contributed by atoms with Crippen LogP contribution >= 0.6 is 15.9 Å². The van der Waals surface area contributed by atoms with Crippen LogP contribution in [0.1, 0.15) is 39.0 Å². The molecule has 1 amide bonds. The maximum Gasteiger partial charge on any atom is 0.222 e. The van der Waals surface area contributed by atoms with E-state index in [1.165, 1.54) is 12.8 Å². The molecule has 14 heavy (non-hydrogen) atoms. The highest BCUT2D eigenvalue weighted by Crippen LogP contribution is 2.16. The molecule has 1 fully saturated rings. The van der Waals surface area contributed by atoms with Gasteiger partial charge in [-0.25, -0.2) is 0 Å². The number of amides is 1. The number of hydrogen-bond donors (Lipinski definition) is 0. The van der Waals surface area contributed by atoms with E-state index < -0.39 is 0 Å². The number of unbranched alkanes of at least 4 members (excludes halogenated alkanes) is 1. The molecular weight excluding hydrogens is 242 g/mol. The summed E-state index contributed by atoms with van der Waals surface area (Å²) in [5.74, 6) is 1.06. The van der Waals surface area contributed by atoms with E-state index >= 15 is 0 Å². The number of likely N-dealkylation sites (tertiary alicyclic amines) is 1. The van der Waals surface area contributed by atoms with E-state index in [9.17, 15) is 4.79 Å².